The highest BCUT2D eigenvalue weighted by molar-refractivity contribution is 7.47. The van der Waals surface area contributed by atoms with Gasteiger partial charge in [-0.25, -0.2) is 9.13 Å². The van der Waals surface area contributed by atoms with Gasteiger partial charge in [0.25, 0.3) is 0 Å². The van der Waals surface area contributed by atoms with Gasteiger partial charge in [-0.1, -0.05) is 299 Å². The van der Waals surface area contributed by atoms with Crippen LogP contribution < -0.4 is 0 Å². The first kappa shape index (κ1) is 87.1. The molecule has 0 bridgehead atoms. The molecular weight excluding hydrogens is 1170 g/mol. The van der Waals surface area contributed by atoms with Crippen molar-refractivity contribution in [2.24, 2.45) is 17.8 Å². The summed E-state index contributed by atoms with van der Waals surface area (Å²) in [6.07, 6.45) is 45.2. The highest BCUT2D eigenvalue weighted by atomic mass is 31.2. The van der Waals surface area contributed by atoms with E-state index in [2.05, 4.69) is 48.5 Å². The molecule has 89 heavy (non-hydrogen) atoms. The highest BCUT2D eigenvalue weighted by Crippen LogP contribution is 2.45. The van der Waals surface area contributed by atoms with Gasteiger partial charge < -0.3 is 33.8 Å². The van der Waals surface area contributed by atoms with Crippen LogP contribution in [0.2, 0.25) is 0 Å². The van der Waals surface area contributed by atoms with Gasteiger partial charge >= 0.3 is 39.5 Å². The Morgan fingerprint density at radius 2 is 0.517 bits per heavy atom. The Morgan fingerprint density at radius 3 is 0.764 bits per heavy atom. The smallest absolute Gasteiger partial charge is 0.462 e. The second-order valence-corrected chi connectivity index (χ2v) is 29.6. The summed E-state index contributed by atoms with van der Waals surface area (Å²) in [5.41, 5.74) is 0. The average Bonchev–Trinajstić information content (AvgIpc) is 3.70. The molecule has 2 unspecified atom stereocenters. The van der Waals surface area contributed by atoms with E-state index in [0.717, 1.165) is 108 Å². The number of phosphoric ester groups is 2. The van der Waals surface area contributed by atoms with E-state index in [1.807, 2.05) is 0 Å². The predicted octanol–water partition coefficient (Wildman–Crippen LogP) is 19.8. The summed E-state index contributed by atoms with van der Waals surface area (Å²) in [6.45, 7) is 11.7. The van der Waals surface area contributed by atoms with Crippen molar-refractivity contribution < 1.29 is 80.2 Å². The lowest BCUT2D eigenvalue weighted by atomic mass is 10.0. The van der Waals surface area contributed by atoms with E-state index in [1.54, 1.807) is 0 Å². The molecule has 0 aliphatic carbocycles. The number of carbonyl (C=O) groups excluding carboxylic acids is 4. The van der Waals surface area contributed by atoms with Crippen molar-refractivity contribution in [3.8, 4) is 0 Å². The quantitative estimate of drug-likeness (QED) is 0.0222. The fourth-order valence-corrected chi connectivity index (χ4v) is 12.1. The van der Waals surface area contributed by atoms with Gasteiger partial charge in [-0.3, -0.25) is 37.3 Å². The maximum Gasteiger partial charge on any atom is 0.472 e. The Morgan fingerprint density at radius 1 is 0.303 bits per heavy atom. The van der Waals surface area contributed by atoms with Crippen LogP contribution in [0, 0.1) is 17.8 Å². The van der Waals surface area contributed by atoms with Crippen LogP contribution in [0.3, 0.4) is 0 Å². The standard InChI is InChI=1S/C70H136O17P2/c1-8-9-10-34-44-51-67(72)80-57-65(87-70(75)54-47-40-33-32-37-43-50-63(6)7)59-84-88(76,77)82-55-64(71)56-83-89(78,79)85-60-66(58-81-68(73)52-45-38-30-26-23-19-21-25-29-36-42-49-62(4)5)86-69(74)53-46-39-31-27-22-18-16-14-12-11-13-15-17-20-24-28-35-41-48-61(2)3/h61-66,71H,8-60H2,1-7H3,(H,76,77)(H,78,79)/t64-,65+,66+/m0/s1. The molecule has 0 heterocycles. The van der Waals surface area contributed by atoms with E-state index in [9.17, 15) is 43.2 Å². The van der Waals surface area contributed by atoms with Gasteiger partial charge in [-0.05, 0) is 43.4 Å². The minimum atomic E-state index is -4.95. The molecule has 0 aliphatic heterocycles. The van der Waals surface area contributed by atoms with Gasteiger partial charge in [-0.2, -0.15) is 0 Å². The molecule has 17 nitrogen and oxygen atoms in total. The molecule has 528 valence electrons. The van der Waals surface area contributed by atoms with Gasteiger partial charge in [0.1, 0.15) is 19.3 Å². The van der Waals surface area contributed by atoms with Gasteiger partial charge in [-0.15, -0.1) is 0 Å². The Hall–Kier alpha value is -1.94. The Bertz CT molecular complexity index is 1750. The number of hydrogen-bond acceptors (Lipinski definition) is 15. The summed E-state index contributed by atoms with van der Waals surface area (Å²) < 4.78 is 68.0. The maximum atomic E-state index is 13.0. The molecule has 0 saturated heterocycles. The van der Waals surface area contributed by atoms with Crippen molar-refractivity contribution >= 4 is 39.5 Å². The van der Waals surface area contributed by atoms with E-state index < -0.39 is 97.5 Å². The predicted molar refractivity (Wildman–Crippen MR) is 358 cm³/mol. The second-order valence-electron chi connectivity index (χ2n) is 26.7. The summed E-state index contributed by atoms with van der Waals surface area (Å²) in [5, 5.41) is 10.5. The minimum absolute atomic E-state index is 0.101. The van der Waals surface area contributed by atoms with E-state index >= 15 is 0 Å². The van der Waals surface area contributed by atoms with Crippen molar-refractivity contribution in [1.29, 1.82) is 0 Å². The second kappa shape index (κ2) is 61.0. The third-order valence-corrected chi connectivity index (χ3v) is 18.0. The zero-order valence-electron chi connectivity index (χ0n) is 57.9. The van der Waals surface area contributed by atoms with Crippen LogP contribution in [0.1, 0.15) is 350 Å². The van der Waals surface area contributed by atoms with Crippen LogP contribution in [0.25, 0.3) is 0 Å². The molecule has 0 aliphatic rings. The fourth-order valence-electron chi connectivity index (χ4n) is 10.5. The zero-order chi connectivity index (χ0) is 65.9. The molecule has 0 amide bonds. The fraction of sp³-hybridized carbons (Fsp3) is 0.943. The van der Waals surface area contributed by atoms with Crippen LogP contribution in [0.5, 0.6) is 0 Å². The van der Waals surface area contributed by atoms with E-state index in [1.165, 1.54) is 154 Å². The van der Waals surface area contributed by atoms with E-state index in [-0.39, 0.29) is 25.7 Å². The number of esters is 4. The first-order valence-electron chi connectivity index (χ1n) is 36.3. The molecule has 0 fully saturated rings. The summed E-state index contributed by atoms with van der Waals surface area (Å²) in [6, 6.07) is 0. The lowest BCUT2D eigenvalue weighted by molar-refractivity contribution is -0.161. The molecule has 3 N–H and O–H groups in total. The summed E-state index contributed by atoms with van der Waals surface area (Å²) in [7, 11) is -9.89. The largest absolute Gasteiger partial charge is 0.472 e. The third kappa shape index (κ3) is 64.6. The molecular formula is C70H136O17P2. The lowest BCUT2D eigenvalue weighted by Crippen LogP contribution is -2.30. The maximum absolute atomic E-state index is 13.0. The van der Waals surface area contributed by atoms with Crippen molar-refractivity contribution in [1.82, 2.24) is 0 Å². The van der Waals surface area contributed by atoms with Gasteiger partial charge in [0.15, 0.2) is 12.2 Å². The van der Waals surface area contributed by atoms with Crippen LogP contribution in [0.15, 0.2) is 0 Å². The van der Waals surface area contributed by atoms with Crippen molar-refractivity contribution in [3.05, 3.63) is 0 Å². The summed E-state index contributed by atoms with van der Waals surface area (Å²) in [4.78, 5) is 72.2. The monoisotopic (exact) mass is 1310 g/mol. The lowest BCUT2D eigenvalue weighted by Gasteiger charge is -2.21. The van der Waals surface area contributed by atoms with Crippen LogP contribution in [-0.4, -0.2) is 96.7 Å². The normalized spacial score (nSPS) is 14.2. The van der Waals surface area contributed by atoms with Crippen LogP contribution in [0.4, 0.5) is 0 Å². The number of aliphatic hydroxyl groups is 1. The first-order valence-corrected chi connectivity index (χ1v) is 39.3. The van der Waals surface area contributed by atoms with Crippen molar-refractivity contribution in [2.45, 2.75) is 369 Å². The minimum Gasteiger partial charge on any atom is -0.462 e. The topological polar surface area (TPSA) is 237 Å². The molecule has 0 spiro atoms. The Kier molecular flexibility index (Phi) is 59.6. The van der Waals surface area contributed by atoms with E-state index in [0.29, 0.717) is 31.6 Å². The third-order valence-electron chi connectivity index (χ3n) is 16.1. The number of phosphoric acid groups is 2. The number of aliphatic hydroxyl groups excluding tert-OH is 1. The molecule has 0 aromatic rings. The summed E-state index contributed by atoms with van der Waals surface area (Å²) >= 11 is 0. The SMILES string of the molecule is CCCCCCCC(=O)OC[C@H](COP(=O)(O)OC[C@H](O)COP(=O)(O)OC[C@@H](COC(=O)CCCCCCCCCCCCCC(C)C)OC(=O)CCCCCCCCCCCCCCCCCCCCC(C)C)OC(=O)CCCCCCCCC(C)C. The van der Waals surface area contributed by atoms with E-state index in [4.69, 9.17) is 37.0 Å². The van der Waals surface area contributed by atoms with Gasteiger partial charge in [0.2, 0.25) is 0 Å². The number of ether oxygens (including phenoxy) is 4. The molecule has 19 heteroatoms. The number of rotatable bonds is 68. The van der Waals surface area contributed by atoms with Crippen LogP contribution >= 0.6 is 15.6 Å². The average molecular weight is 1310 g/mol. The van der Waals surface area contributed by atoms with Gasteiger partial charge in [0.05, 0.1) is 26.4 Å². The molecule has 0 radical (unpaired) electrons. The van der Waals surface area contributed by atoms with Crippen LogP contribution in [-0.2, 0) is 65.4 Å². The van der Waals surface area contributed by atoms with Crippen molar-refractivity contribution in [2.75, 3.05) is 39.6 Å². The Balaban J connectivity index is 5.11. The number of hydrogen-bond donors (Lipinski definition) is 3. The molecule has 0 rings (SSSR count). The Labute approximate surface area is 543 Å². The highest BCUT2D eigenvalue weighted by Gasteiger charge is 2.30. The molecule has 5 atom stereocenters. The van der Waals surface area contributed by atoms with Gasteiger partial charge in [0, 0.05) is 25.7 Å². The molecule has 0 aromatic heterocycles. The van der Waals surface area contributed by atoms with Crippen molar-refractivity contribution in [3.63, 3.8) is 0 Å². The zero-order valence-corrected chi connectivity index (χ0v) is 59.7. The summed E-state index contributed by atoms with van der Waals surface area (Å²) in [5.74, 6) is 0.119. The molecule has 0 aromatic carbocycles. The molecule has 0 saturated carbocycles. The number of unbranched alkanes of at least 4 members (excludes halogenated alkanes) is 36. The first-order chi connectivity index (χ1) is 42.7. The number of carbonyl (C=O) groups is 4.